The molecule has 1 aliphatic rings. The summed E-state index contributed by atoms with van der Waals surface area (Å²) in [4.78, 5) is 7.04. The molecule has 0 fully saturated rings. The van der Waals surface area contributed by atoms with Gasteiger partial charge in [0.2, 0.25) is 0 Å². The van der Waals surface area contributed by atoms with E-state index in [-0.39, 0.29) is 0 Å². The standard InChI is InChI=1S/C16H24N4/c1-3-20(4-2)10-9-18-16-14(12-17)11-13-7-5-6-8-15(13)19-16/h11H,3-10H2,1-2H3,(H,18,19). The molecule has 0 aliphatic heterocycles. The van der Waals surface area contributed by atoms with Crippen LogP contribution in [0.3, 0.4) is 0 Å². The predicted molar refractivity (Wildman–Crippen MR) is 81.9 cm³/mol. The first-order valence-electron chi connectivity index (χ1n) is 7.67. The summed E-state index contributed by atoms with van der Waals surface area (Å²) in [5, 5.41) is 12.6. The highest BCUT2D eigenvalue weighted by atomic mass is 15.1. The minimum atomic E-state index is 0.685. The van der Waals surface area contributed by atoms with Gasteiger partial charge in [0.1, 0.15) is 11.9 Å². The monoisotopic (exact) mass is 272 g/mol. The van der Waals surface area contributed by atoms with Crippen molar-refractivity contribution < 1.29 is 0 Å². The number of likely N-dealkylation sites (N-methyl/N-ethyl adjacent to an activating group) is 1. The van der Waals surface area contributed by atoms with Crippen molar-refractivity contribution in [1.82, 2.24) is 9.88 Å². The van der Waals surface area contributed by atoms with Crippen LogP contribution in [0.5, 0.6) is 0 Å². The summed E-state index contributed by atoms with van der Waals surface area (Å²) in [5.74, 6) is 0.764. The molecule has 0 radical (unpaired) electrons. The van der Waals surface area contributed by atoms with Crippen LogP contribution in [-0.4, -0.2) is 36.1 Å². The Kier molecular flexibility index (Phi) is 5.37. The molecule has 108 valence electrons. The van der Waals surface area contributed by atoms with Crippen molar-refractivity contribution in [1.29, 1.82) is 5.26 Å². The minimum Gasteiger partial charge on any atom is -0.368 e. The summed E-state index contributed by atoms with van der Waals surface area (Å²) in [5.41, 5.74) is 3.13. The van der Waals surface area contributed by atoms with Crippen molar-refractivity contribution in [3.8, 4) is 6.07 Å². The summed E-state index contributed by atoms with van der Waals surface area (Å²) in [6.07, 6.45) is 4.54. The zero-order valence-electron chi connectivity index (χ0n) is 12.6. The number of rotatable bonds is 6. The van der Waals surface area contributed by atoms with Crippen LogP contribution < -0.4 is 5.32 Å². The first kappa shape index (κ1) is 14.8. The number of nitrogens with one attached hydrogen (secondary N) is 1. The quantitative estimate of drug-likeness (QED) is 0.865. The van der Waals surface area contributed by atoms with Crippen molar-refractivity contribution in [2.75, 3.05) is 31.5 Å². The van der Waals surface area contributed by atoms with Gasteiger partial charge in [0.25, 0.3) is 0 Å². The highest BCUT2D eigenvalue weighted by Crippen LogP contribution is 2.24. The normalized spacial score (nSPS) is 13.9. The summed E-state index contributed by atoms with van der Waals surface area (Å²) in [6, 6.07) is 4.30. The number of anilines is 1. The number of aromatic nitrogens is 1. The molecule has 0 spiro atoms. The lowest BCUT2D eigenvalue weighted by molar-refractivity contribution is 0.316. The molecule has 1 N–H and O–H groups in total. The molecule has 0 saturated heterocycles. The Morgan fingerprint density at radius 3 is 2.75 bits per heavy atom. The van der Waals surface area contributed by atoms with Crippen LogP contribution in [0.15, 0.2) is 6.07 Å². The lowest BCUT2D eigenvalue weighted by Crippen LogP contribution is -2.29. The van der Waals surface area contributed by atoms with Gasteiger partial charge in [-0.1, -0.05) is 13.8 Å². The average Bonchev–Trinajstić information content (AvgIpc) is 2.50. The molecule has 0 bridgehead atoms. The van der Waals surface area contributed by atoms with Gasteiger partial charge in [-0.05, 0) is 50.4 Å². The Labute approximate surface area is 121 Å². The maximum Gasteiger partial charge on any atom is 0.144 e. The molecule has 0 saturated carbocycles. The maximum atomic E-state index is 9.28. The molecule has 1 aliphatic carbocycles. The van der Waals surface area contributed by atoms with E-state index in [0.29, 0.717) is 5.56 Å². The van der Waals surface area contributed by atoms with Gasteiger partial charge >= 0.3 is 0 Å². The number of aryl methyl sites for hydroxylation is 2. The third-order valence-corrected chi connectivity index (χ3v) is 4.04. The number of hydrogen-bond acceptors (Lipinski definition) is 4. The Hall–Kier alpha value is -1.60. The fourth-order valence-corrected chi connectivity index (χ4v) is 2.73. The molecule has 1 heterocycles. The SMILES string of the molecule is CCN(CC)CCNc1nc2c(cc1C#N)CCCC2. The van der Waals surface area contributed by atoms with Gasteiger partial charge < -0.3 is 10.2 Å². The first-order valence-corrected chi connectivity index (χ1v) is 7.67. The van der Waals surface area contributed by atoms with Gasteiger partial charge in [0.15, 0.2) is 0 Å². The molecule has 0 amide bonds. The second-order valence-corrected chi connectivity index (χ2v) is 5.26. The van der Waals surface area contributed by atoms with E-state index in [1.165, 1.54) is 24.1 Å². The number of nitriles is 1. The third-order valence-electron chi connectivity index (χ3n) is 4.04. The molecule has 20 heavy (non-hydrogen) atoms. The van der Waals surface area contributed by atoms with E-state index in [1.54, 1.807) is 0 Å². The average molecular weight is 272 g/mol. The van der Waals surface area contributed by atoms with E-state index in [4.69, 9.17) is 0 Å². The molecule has 0 atom stereocenters. The van der Waals surface area contributed by atoms with Crippen LogP contribution in [0.1, 0.15) is 43.5 Å². The zero-order chi connectivity index (χ0) is 14.4. The number of hydrogen-bond donors (Lipinski definition) is 1. The van der Waals surface area contributed by atoms with Crippen LogP contribution in [0.2, 0.25) is 0 Å². The second kappa shape index (κ2) is 7.25. The van der Waals surface area contributed by atoms with Crippen LogP contribution >= 0.6 is 0 Å². The highest BCUT2D eigenvalue weighted by Gasteiger charge is 2.14. The van der Waals surface area contributed by atoms with Crippen LogP contribution in [0.4, 0.5) is 5.82 Å². The zero-order valence-corrected chi connectivity index (χ0v) is 12.6. The molecular weight excluding hydrogens is 248 g/mol. The van der Waals surface area contributed by atoms with Crippen molar-refractivity contribution in [2.24, 2.45) is 0 Å². The molecular formula is C16H24N4. The van der Waals surface area contributed by atoms with E-state index in [9.17, 15) is 5.26 Å². The lowest BCUT2D eigenvalue weighted by Gasteiger charge is -2.20. The van der Waals surface area contributed by atoms with Crippen LogP contribution in [-0.2, 0) is 12.8 Å². The minimum absolute atomic E-state index is 0.685. The number of pyridine rings is 1. The topological polar surface area (TPSA) is 52.0 Å². The van der Waals surface area contributed by atoms with Gasteiger partial charge in [-0.15, -0.1) is 0 Å². The van der Waals surface area contributed by atoms with Gasteiger partial charge in [-0.25, -0.2) is 4.98 Å². The van der Waals surface area contributed by atoms with Gasteiger partial charge in [-0.3, -0.25) is 0 Å². The van der Waals surface area contributed by atoms with Crippen molar-refractivity contribution in [2.45, 2.75) is 39.5 Å². The summed E-state index contributed by atoms with van der Waals surface area (Å²) in [6.45, 7) is 8.27. The summed E-state index contributed by atoms with van der Waals surface area (Å²) in [7, 11) is 0. The Morgan fingerprint density at radius 1 is 1.30 bits per heavy atom. The summed E-state index contributed by atoms with van der Waals surface area (Å²) >= 11 is 0. The number of nitrogens with zero attached hydrogens (tertiary/aromatic N) is 3. The predicted octanol–water partition coefficient (Wildman–Crippen LogP) is 2.59. The molecule has 1 aromatic rings. The van der Waals surface area contributed by atoms with Crippen LogP contribution in [0.25, 0.3) is 0 Å². The fraction of sp³-hybridized carbons (Fsp3) is 0.625. The Morgan fingerprint density at radius 2 is 2.05 bits per heavy atom. The van der Waals surface area contributed by atoms with Gasteiger partial charge in [-0.2, -0.15) is 5.26 Å². The second-order valence-electron chi connectivity index (χ2n) is 5.26. The van der Waals surface area contributed by atoms with Crippen molar-refractivity contribution in [3.05, 3.63) is 22.9 Å². The van der Waals surface area contributed by atoms with Gasteiger partial charge in [0, 0.05) is 18.8 Å². The highest BCUT2D eigenvalue weighted by molar-refractivity contribution is 5.54. The molecule has 4 heteroatoms. The summed E-state index contributed by atoms with van der Waals surface area (Å²) < 4.78 is 0. The molecule has 0 aromatic carbocycles. The lowest BCUT2D eigenvalue weighted by atomic mass is 9.95. The van der Waals surface area contributed by atoms with E-state index in [2.05, 4.69) is 35.1 Å². The van der Waals surface area contributed by atoms with Gasteiger partial charge in [0.05, 0.1) is 5.56 Å². The van der Waals surface area contributed by atoms with Crippen LogP contribution in [0, 0.1) is 11.3 Å². The van der Waals surface area contributed by atoms with E-state index in [1.807, 2.05) is 6.07 Å². The molecule has 4 nitrogen and oxygen atoms in total. The Balaban J connectivity index is 2.05. The smallest absolute Gasteiger partial charge is 0.144 e. The maximum absolute atomic E-state index is 9.28. The molecule has 0 unspecified atom stereocenters. The van der Waals surface area contributed by atoms with Crippen molar-refractivity contribution in [3.63, 3.8) is 0 Å². The van der Waals surface area contributed by atoms with E-state index < -0.39 is 0 Å². The van der Waals surface area contributed by atoms with Crippen molar-refractivity contribution >= 4 is 5.82 Å². The van der Waals surface area contributed by atoms with E-state index >= 15 is 0 Å². The Bertz CT molecular complexity index is 486. The van der Waals surface area contributed by atoms with E-state index in [0.717, 1.165) is 44.8 Å². The number of fused-ring (bicyclic) bond motifs is 1. The largest absolute Gasteiger partial charge is 0.368 e. The first-order chi connectivity index (χ1) is 9.78. The fourth-order valence-electron chi connectivity index (χ4n) is 2.73. The molecule has 1 aromatic heterocycles. The third kappa shape index (κ3) is 3.49. The molecule has 2 rings (SSSR count).